The molecule has 0 unspecified atom stereocenters. The summed E-state index contributed by atoms with van der Waals surface area (Å²) >= 11 is 0. The Kier molecular flexibility index (Phi) is 8.77. The van der Waals surface area contributed by atoms with Gasteiger partial charge in [-0.1, -0.05) is 0 Å². The van der Waals surface area contributed by atoms with Crippen LogP contribution in [-0.2, 0) is 14.2 Å². The number of aliphatic hydroxyl groups excluding tert-OH is 7. The van der Waals surface area contributed by atoms with Gasteiger partial charge in [0, 0.05) is 17.7 Å². The fourth-order valence-corrected chi connectivity index (χ4v) is 4.88. The molecule has 0 radical (unpaired) electrons. The number of hydrogen-bond donors (Lipinski definition) is 10. The molecule has 2 saturated heterocycles. The third-order valence-electron chi connectivity index (χ3n) is 7.29. The topological polar surface area (TPSA) is 269 Å². The third kappa shape index (κ3) is 5.73. The van der Waals surface area contributed by atoms with Crippen LogP contribution in [0.15, 0.2) is 45.6 Å². The van der Waals surface area contributed by atoms with Gasteiger partial charge in [-0.05, 0) is 24.3 Å². The summed E-state index contributed by atoms with van der Waals surface area (Å²) in [4.78, 5) is 12.8. The number of rotatable bonds is 7. The van der Waals surface area contributed by atoms with Gasteiger partial charge in [-0.2, -0.15) is 0 Å². The van der Waals surface area contributed by atoms with Crippen molar-refractivity contribution in [3.05, 3.63) is 46.6 Å². The number of aromatic hydroxyl groups is 3. The van der Waals surface area contributed by atoms with Crippen LogP contribution in [0.2, 0.25) is 0 Å². The summed E-state index contributed by atoms with van der Waals surface area (Å²) < 4.78 is 27.9. The minimum Gasteiger partial charge on any atom is -0.508 e. The summed E-state index contributed by atoms with van der Waals surface area (Å²) in [5, 5.41) is 101. The van der Waals surface area contributed by atoms with Crippen molar-refractivity contribution in [3.8, 4) is 34.3 Å². The van der Waals surface area contributed by atoms with Crippen LogP contribution >= 0.6 is 0 Å². The first-order valence-electron chi connectivity index (χ1n) is 13.0. The molecule has 0 spiro atoms. The van der Waals surface area contributed by atoms with E-state index in [9.17, 15) is 55.9 Å². The van der Waals surface area contributed by atoms with E-state index in [0.717, 1.165) is 12.1 Å². The van der Waals surface area contributed by atoms with E-state index < -0.39 is 103 Å². The van der Waals surface area contributed by atoms with Gasteiger partial charge in [0.05, 0.1) is 13.2 Å². The molecule has 0 aliphatic carbocycles. The third-order valence-corrected chi connectivity index (χ3v) is 7.29. The molecule has 10 N–H and O–H groups in total. The molecule has 3 heterocycles. The predicted octanol–water partition coefficient (Wildman–Crippen LogP) is -2.42. The summed E-state index contributed by atoms with van der Waals surface area (Å²) in [5.41, 5.74) is -0.610. The van der Waals surface area contributed by atoms with Crippen LogP contribution in [-0.4, -0.2) is 126 Å². The molecular formula is C27H30O16. The lowest BCUT2D eigenvalue weighted by atomic mass is 9.97. The van der Waals surface area contributed by atoms with Crippen molar-refractivity contribution in [2.24, 2.45) is 0 Å². The molecule has 1 aromatic heterocycles. The molecule has 2 fully saturated rings. The van der Waals surface area contributed by atoms with Gasteiger partial charge in [0.1, 0.15) is 65.2 Å². The molecule has 2 aromatic carbocycles. The Morgan fingerprint density at radius 2 is 1.33 bits per heavy atom. The summed E-state index contributed by atoms with van der Waals surface area (Å²) in [7, 11) is 0. The largest absolute Gasteiger partial charge is 0.508 e. The second-order valence-corrected chi connectivity index (χ2v) is 10.1. The van der Waals surface area contributed by atoms with Crippen LogP contribution in [0.3, 0.4) is 0 Å². The Labute approximate surface area is 241 Å². The highest BCUT2D eigenvalue weighted by Gasteiger charge is 2.51. The maximum atomic E-state index is 12.8. The molecule has 0 amide bonds. The molecular weight excluding hydrogens is 580 g/mol. The monoisotopic (exact) mass is 610 g/mol. The molecule has 3 aromatic rings. The number of benzene rings is 2. The van der Waals surface area contributed by atoms with Gasteiger partial charge >= 0.3 is 0 Å². The second-order valence-electron chi connectivity index (χ2n) is 10.1. The first-order valence-corrected chi connectivity index (χ1v) is 13.0. The van der Waals surface area contributed by atoms with Crippen LogP contribution in [0.5, 0.6) is 23.0 Å². The molecule has 234 valence electrons. The Bertz CT molecular complexity index is 1490. The Morgan fingerprint density at radius 3 is 1.95 bits per heavy atom. The van der Waals surface area contributed by atoms with E-state index in [1.807, 2.05) is 0 Å². The molecule has 16 nitrogen and oxygen atoms in total. The zero-order valence-corrected chi connectivity index (χ0v) is 22.1. The Hall–Kier alpha value is -3.55. The maximum absolute atomic E-state index is 12.8. The van der Waals surface area contributed by atoms with Crippen molar-refractivity contribution >= 4 is 11.0 Å². The standard InChI is InChI=1S/C27H30O16/c28-7-15-19(33)22(36)24(38)26(41-15)43-25-23(37)20(34)16(8-29)42-27(25)40-14-6-13-17(21(35)18(14)32)11(31)5-12(39-13)9-1-3-10(30)4-2-9/h1-6,15-16,19-20,22-30,32-38H,7-8H2/t15-,16-,19-,20-,22+,23+,24-,25-,26+,27-/m1/s1. The lowest BCUT2D eigenvalue weighted by Crippen LogP contribution is -2.65. The lowest BCUT2D eigenvalue weighted by Gasteiger charge is -2.45. The van der Waals surface area contributed by atoms with E-state index in [1.165, 1.54) is 24.3 Å². The van der Waals surface area contributed by atoms with Gasteiger partial charge < -0.3 is 74.4 Å². The van der Waals surface area contributed by atoms with Crippen molar-refractivity contribution < 1.29 is 74.4 Å². The summed E-state index contributed by atoms with van der Waals surface area (Å²) in [5.74, 6) is -2.45. The van der Waals surface area contributed by atoms with Gasteiger partial charge in [0.25, 0.3) is 0 Å². The molecule has 0 bridgehead atoms. The number of ether oxygens (including phenoxy) is 4. The van der Waals surface area contributed by atoms with Crippen molar-refractivity contribution in [3.63, 3.8) is 0 Å². The summed E-state index contributed by atoms with van der Waals surface area (Å²) in [6, 6.07) is 7.73. The molecule has 2 aliphatic rings. The van der Waals surface area contributed by atoms with Crippen LogP contribution in [0.1, 0.15) is 0 Å². The number of phenols is 3. The van der Waals surface area contributed by atoms with Gasteiger partial charge in [0.2, 0.25) is 12.0 Å². The van der Waals surface area contributed by atoms with Gasteiger partial charge in [-0.15, -0.1) is 0 Å². The number of hydrogen-bond acceptors (Lipinski definition) is 16. The van der Waals surface area contributed by atoms with E-state index >= 15 is 0 Å². The molecule has 5 rings (SSSR count). The number of phenolic OH excluding ortho intramolecular Hbond substituents is 3. The van der Waals surface area contributed by atoms with Gasteiger partial charge in [-0.3, -0.25) is 4.79 Å². The fourth-order valence-electron chi connectivity index (χ4n) is 4.88. The zero-order chi connectivity index (χ0) is 31.2. The van der Waals surface area contributed by atoms with Crippen molar-refractivity contribution in [1.82, 2.24) is 0 Å². The number of fused-ring (bicyclic) bond motifs is 1. The van der Waals surface area contributed by atoms with Gasteiger partial charge in [0.15, 0.2) is 29.3 Å². The highest BCUT2D eigenvalue weighted by atomic mass is 16.8. The molecule has 2 aliphatic heterocycles. The summed E-state index contributed by atoms with van der Waals surface area (Å²) in [6.07, 6.45) is -17.4. The Morgan fingerprint density at radius 1 is 0.721 bits per heavy atom. The second kappa shape index (κ2) is 12.2. The van der Waals surface area contributed by atoms with Gasteiger partial charge in [-0.25, -0.2) is 0 Å². The predicted molar refractivity (Wildman–Crippen MR) is 140 cm³/mol. The minimum absolute atomic E-state index is 0.0326. The molecule has 43 heavy (non-hydrogen) atoms. The molecule has 10 atom stereocenters. The van der Waals surface area contributed by atoms with Crippen LogP contribution in [0, 0.1) is 0 Å². The van der Waals surface area contributed by atoms with E-state index in [2.05, 4.69) is 0 Å². The fraction of sp³-hybridized carbons (Fsp3) is 0.444. The van der Waals surface area contributed by atoms with Crippen molar-refractivity contribution in [2.75, 3.05) is 13.2 Å². The minimum atomic E-state index is -1.91. The van der Waals surface area contributed by atoms with Crippen molar-refractivity contribution in [1.29, 1.82) is 0 Å². The molecule has 0 saturated carbocycles. The van der Waals surface area contributed by atoms with E-state index in [0.29, 0.717) is 5.56 Å². The lowest BCUT2D eigenvalue weighted by molar-refractivity contribution is -0.358. The SMILES string of the molecule is O=c1cc(-c2ccc(O)cc2)oc2cc(O[C@@H]3O[C@H](CO)[C@@H](O)[C@H](O)[C@H]3O[C@@H]3O[C@H](CO)[C@@H](O)[C@H](O)[C@H]3O)c(O)c(O)c12. The van der Waals surface area contributed by atoms with E-state index in [-0.39, 0.29) is 17.1 Å². The normalized spacial score (nSPS) is 33.0. The zero-order valence-electron chi connectivity index (χ0n) is 22.1. The van der Waals surface area contributed by atoms with Crippen LogP contribution in [0.25, 0.3) is 22.3 Å². The van der Waals surface area contributed by atoms with Crippen LogP contribution < -0.4 is 10.2 Å². The Balaban J connectivity index is 1.51. The maximum Gasteiger partial charge on any atom is 0.229 e. The average molecular weight is 611 g/mol. The average Bonchev–Trinajstić information content (AvgIpc) is 2.99. The van der Waals surface area contributed by atoms with E-state index in [4.69, 9.17) is 23.4 Å². The highest BCUT2D eigenvalue weighted by Crippen LogP contribution is 2.43. The first-order chi connectivity index (χ1) is 20.4. The first kappa shape index (κ1) is 30.9. The van der Waals surface area contributed by atoms with Crippen LogP contribution in [0.4, 0.5) is 0 Å². The highest BCUT2D eigenvalue weighted by molar-refractivity contribution is 5.89. The number of aliphatic hydroxyl groups is 7. The summed E-state index contributed by atoms with van der Waals surface area (Å²) in [6.45, 7) is -1.60. The van der Waals surface area contributed by atoms with Crippen molar-refractivity contribution in [2.45, 2.75) is 61.4 Å². The molecule has 16 heteroatoms. The smallest absolute Gasteiger partial charge is 0.229 e. The van der Waals surface area contributed by atoms with E-state index in [1.54, 1.807) is 0 Å². The quantitative estimate of drug-likeness (QED) is 0.125.